The third-order valence-corrected chi connectivity index (χ3v) is 6.57. The molecule has 1 atom stereocenters. The Kier molecular flexibility index (Phi) is 3.59. The number of nitrogens with one attached hydrogen (secondary N) is 1. The number of hydrogen-bond donors (Lipinski definition) is 2. The fraction of sp³-hybridized carbons (Fsp3) is 0.455. The zero-order chi connectivity index (χ0) is 14.3. The summed E-state index contributed by atoms with van der Waals surface area (Å²) in [6, 6.07) is 4.25. The molecule has 2 rings (SSSR count). The summed E-state index contributed by atoms with van der Waals surface area (Å²) in [5, 5.41) is 0. The number of aryl methyl sites for hydroxylation is 1. The molecule has 0 spiro atoms. The number of sulfone groups is 1. The van der Waals surface area contributed by atoms with Gasteiger partial charge in [-0.1, -0.05) is 12.1 Å². The number of rotatable bonds is 3. The van der Waals surface area contributed by atoms with E-state index in [0.717, 1.165) is 0 Å². The van der Waals surface area contributed by atoms with Crippen LogP contribution in [0.1, 0.15) is 12.0 Å². The van der Waals surface area contributed by atoms with Gasteiger partial charge in [0, 0.05) is 6.04 Å². The predicted octanol–water partition coefficient (Wildman–Crippen LogP) is 0.0426. The fourth-order valence-corrected chi connectivity index (χ4v) is 5.62. The number of benzene rings is 1. The van der Waals surface area contributed by atoms with E-state index in [1.54, 1.807) is 19.1 Å². The summed E-state index contributed by atoms with van der Waals surface area (Å²) in [7, 11) is -6.92. The van der Waals surface area contributed by atoms with Crippen LogP contribution in [0.3, 0.4) is 0 Å². The summed E-state index contributed by atoms with van der Waals surface area (Å²) in [5.74, 6) is -0.137. The van der Waals surface area contributed by atoms with E-state index in [9.17, 15) is 16.8 Å². The van der Waals surface area contributed by atoms with Gasteiger partial charge in [-0.05, 0) is 25.0 Å². The summed E-state index contributed by atoms with van der Waals surface area (Å²) in [5.41, 5.74) is 6.39. The van der Waals surface area contributed by atoms with Gasteiger partial charge in [-0.2, -0.15) is 0 Å². The Bertz CT molecular complexity index is 675. The molecule has 1 aromatic rings. The van der Waals surface area contributed by atoms with Gasteiger partial charge in [-0.3, -0.25) is 0 Å². The Morgan fingerprint density at radius 1 is 1.37 bits per heavy atom. The molecule has 0 bridgehead atoms. The van der Waals surface area contributed by atoms with Gasteiger partial charge in [-0.15, -0.1) is 0 Å². The van der Waals surface area contributed by atoms with E-state index in [-0.39, 0.29) is 22.1 Å². The van der Waals surface area contributed by atoms with Crippen molar-refractivity contribution in [3.8, 4) is 0 Å². The van der Waals surface area contributed by atoms with Crippen molar-refractivity contribution < 1.29 is 16.8 Å². The molecule has 1 fully saturated rings. The van der Waals surface area contributed by atoms with Crippen LogP contribution in [0.4, 0.5) is 5.69 Å². The highest BCUT2D eigenvalue weighted by Crippen LogP contribution is 2.23. The van der Waals surface area contributed by atoms with E-state index < -0.39 is 25.9 Å². The molecule has 1 aromatic carbocycles. The Morgan fingerprint density at radius 3 is 2.58 bits per heavy atom. The molecular weight excluding hydrogens is 288 g/mol. The summed E-state index contributed by atoms with van der Waals surface area (Å²) in [6.07, 6.45) is 0.299. The van der Waals surface area contributed by atoms with Crippen LogP contribution in [0.5, 0.6) is 0 Å². The van der Waals surface area contributed by atoms with Crippen LogP contribution in [0, 0.1) is 6.92 Å². The smallest absolute Gasteiger partial charge is 0.243 e. The van der Waals surface area contributed by atoms with Crippen molar-refractivity contribution in [2.45, 2.75) is 24.3 Å². The highest BCUT2D eigenvalue weighted by atomic mass is 32.2. The van der Waals surface area contributed by atoms with Crippen LogP contribution in [0.15, 0.2) is 23.1 Å². The van der Waals surface area contributed by atoms with Gasteiger partial charge in [0.2, 0.25) is 10.0 Å². The van der Waals surface area contributed by atoms with Crippen molar-refractivity contribution in [3.63, 3.8) is 0 Å². The Morgan fingerprint density at radius 2 is 2.05 bits per heavy atom. The molecule has 0 aromatic heterocycles. The second-order valence-electron chi connectivity index (χ2n) is 4.71. The molecule has 106 valence electrons. The van der Waals surface area contributed by atoms with Crippen molar-refractivity contribution >= 4 is 25.5 Å². The van der Waals surface area contributed by atoms with E-state index in [4.69, 9.17) is 5.73 Å². The van der Waals surface area contributed by atoms with Crippen LogP contribution >= 0.6 is 0 Å². The first kappa shape index (κ1) is 14.3. The summed E-state index contributed by atoms with van der Waals surface area (Å²) in [4.78, 5) is 0.0271. The third-order valence-electron chi connectivity index (χ3n) is 3.07. The van der Waals surface area contributed by atoms with Crippen molar-refractivity contribution in [3.05, 3.63) is 23.8 Å². The molecule has 1 aliphatic rings. The van der Waals surface area contributed by atoms with Gasteiger partial charge in [0.15, 0.2) is 9.84 Å². The fourth-order valence-electron chi connectivity index (χ4n) is 2.21. The molecule has 0 saturated carbocycles. The van der Waals surface area contributed by atoms with E-state index in [1.165, 1.54) is 6.07 Å². The SMILES string of the molecule is Cc1cccc(N)c1S(=O)(=O)NC1CCS(=O)(=O)C1. The lowest BCUT2D eigenvalue weighted by molar-refractivity contribution is 0.562. The molecule has 1 aliphatic heterocycles. The number of sulfonamides is 1. The average Bonchev–Trinajstić information content (AvgIpc) is 2.56. The molecule has 1 unspecified atom stereocenters. The molecule has 0 aliphatic carbocycles. The minimum atomic E-state index is -3.79. The van der Waals surface area contributed by atoms with Gasteiger partial charge in [0.25, 0.3) is 0 Å². The Balaban J connectivity index is 2.29. The quantitative estimate of drug-likeness (QED) is 0.767. The van der Waals surface area contributed by atoms with E-state index in [1.807, 2.05) is 0 Å². The van der Waals surface area contributed by atoms with Gasteiger partial charge in [-0.25, -0.2) is 21.6 Å². The van der Waals surface area contributed by atoms with E-state index in [2.05, 4.69) is 4.72 Å². The van der Waals surface area contributed by atoms with E-state index in [0.29, 0.717) is 12.0 Å². The topological polar surface area (TPSA) is 106 Å². The van der Waals surface area contributed by atoms with Crippen molar-refractivity contribution in [1.29, 1.82) is 0 Å². The maximum Gasteiger partial charge on any atom is 0.243 e. The molecular formula is C11H16N2O4S2. The van der Waals surface area contributed by atoms with Crippen molar-refractivity contribution in [2.24, 2.45) is 0 Å². The Labute approximate surface area is 113 Å². The Hall–Kier alpha value is -1.12. The van der Waals surface area contributed by atoms with Crippen LogP contribution in [-0.4, -0.2) is 34.4 Å². The molecule has 8 heteroatoms. The molecule has 0 amide bonds. The lowest BCUT2D eigenvalue weighted by atomic mass is 10.2. The number of hydrogen-bond acceptors (Lipinski definition) is 5. The normalized spacial score (nSPS) is 22.5. The minimum absolute atomic E-state index is 0.0173. The van der Waals surface area contributed by atoms with Crippen LogP contribution < -0.4 is 10.5 Å². The number of anilines is 1. The first-order valence-corrected chi connectivity index (χ1v) is 9.09. The molecule has 19 heavy (non-hydrogen) atoms. The second-order valence-corrected chi connectivity index (χ2v) is 8.59. The lowest BCUT2D eigenvalue weighted by Crippen LogP contribution is -2.36. The third kappa shape index (κ3) is 3.07. The van der Waals surface area contributed by atoms with Gasteiger partial charge >= 0.3 is 0 Å². The number of nitrogens with two attached hydrogens (primary N) is 1. The van der Waals surface area contributed by atoms with Crippen molar-refractivity contribution in [2.75, 3.05) is 17.2 Å². The van der Waals surface area contributed by atoms with Gasteiger partial charge < -0.3 is 5.73 Å². The maximum absolute atomic E-state index is 12.3. The summed E-state index contributed by atoms with van der Waals surface area (Å²) >= 11 is 0. The first-order chi connectivity index (χ1) is 8.71. The zero-order valence-electron chi connectivity index (χ0n) is 10.5. The molecule has 0 radical (unpaired) electrons. The van der Waals surface area contributed by atoms with Crippen LogP contribution in [-0.2, 0) is 19.9 Å². The highest BCUT2D eigenvalue weighted by Gasteiger charge is 2.32. The molecule has 3 N–H and O–H groups in total. The summed E-state index contributed by atoms with van der Waals surface area (Å²) in [6.45, 7) is 1.65. The standard InChI is InChI=1S/C11H16N2O4S2/c1-8-3-2-4-10(12)11(8)19(16,17)13-9-5-6-18(14,15)7-9/h2-4,9,13H,5-7,12H2,1H3. The maximum atomic E-state index is 12.3. The molecule has 1 heterocycles. The van der Waals surface area contributed by atoms with Crippen LogP contribution in [0.25, 0.3) is 0 Å². The highest BCUT2D eigenvalue weighted by molar-refractivity contribution is 7.92. The largest absolute Gasteiger partial charge is 0.398 e. The number of nitrogen functional groups attached to an aromatic ring is 1. The van der Waals surface area contributed by atoms with Gasteiger partial charge in [0.05, 0.1) is 17.2 Å². The zero-order valence-corrected chi connectivity index (χ0v) is 12.1. The lowest BCUT2D eigenvalue weighted by Gasteiger charge is -2.14. The monoisotopic (exact) mass is 304 g/mol. The average molecular weight is 304 g/mol. The second kappa shape index (κ2) is 4.77. The predicted molar refractivity (Wildman–Crippen MR) is 73.0 cm³/mol. The summed E-state index contributed by atoms with van der Waals surface area (Å²) < 4.78 is 49.6. The molecule has 6 nitrogen and oxygen atoms in total. The van der Waals surface area contributed by atoms with Crippen molar-refractivity contribution in [1.82, 2.24) is 4.72 Å². The van der Waals surface area contributed by atoms with E-state index >= 15 is 0 Å². The molecule has 1 saturated heterocycles. The first-order valence-electron chi connectivity index (χ1n) is 5.79. The van der Waals surface area contributed by atoms with Crippen LogP contribution in [0.2, 0.25) is 0 Å². The van der Waals surface area contributed by atoms with Gasteiger partial charge in [0.1, 0.15) is 4.90 Å². The minimum Gasteiger partial charge on any atom is -0.398 e.